The third kappa shape index (κ3) is 6.35. The molecule has 0 bridgehead atoms. The maximum atomic E-state index is 13.0. The second-order valence-corrected chi connectivity index (χ2v) is 9.09. The van der Waals surface area contributed by atoms with Gasteiger partial charge in [-0.05, 0) is 48.0 Å². The molecule has 2 aromatic carbocycles. The first-order valence-corrected chi connectivity index (χ1v) is 11.2. The third-order valence-corrected chi connectivity index (χ3v) is 6.52. The van der Waals surface area contributed by atoms with Gasteiger partial charge in [0.25, 0.3) is 5.69 Å². The van der Waals surface area contributed by atoms with Crippen LogP contribution in [0.5, 0.6) is 0 Å². The summed E-state index contributed by atoms with van der Waals surface area (Å²) in [5, 5.41) is 17.4. The molecule has 0 aliphatic rings. The number of benzene rings is 2. The topological polar surface area (TPSA) is 90.1 Å². The van der Waals surface area contributed by atoms with Crippen LogP contribution >= 0.6 is 27.7 Å². The van der Waals surface area contributed by atoms with Crippen molar-refractivity contribution in [1.29, 1.82) is 0 Å². The zero-order chi connectivity index (χ0) is 24.3. The Morgan fingerprint density at radius 1 is 1.18 bits per heavy atom. The quantitative estimate of drug-likeness (QED) is 0.276. The molecule has 0 saturated heterocycles. The fourth-order valence-corrected chi connectivity index (χ4v) is 4.33. The molecule has 1 amide bonds. The molecule has 7 nitrogen and oxygen atoms in total. The first-order valence-electron chi connectivity index (χ1n) is 9.58. The Morgan fingerprint density at radius 3 is 2.42 bits per heavy atom. The summed E-state index contributed by atoms with van der Waals surface area (Å²) in [6, 6.07) is 11.9. The number of carbonyl (C=O) groups is 1. The zero-order valence-corrected chi connectivity index (χ0v) is 19.8. The summed E-state index contributed by atoms with van der Waals surface area (Å²) >= 11 is 4.19. The van der Waals surface area contributed by atoms with Gasteiger partial charge in [0.15, 0.2) is 5.69 Å². The van der Waals surface area contributed by atoms with Gasteiger partial charge in [-0.15, -0.1) is 0 Å². The van der Waals surface area contributed by atoms with E-state index < -0.39 is 22.7 Å². The Labute approximate surface area is 199 Å². The summed E-state index contributed by atoms with van der Waals surface area (Å²) in [4.78, 5) is 24.6. The standard InChI is InChI=1S/C21H18BrF3N4O3S/c1-12-3-5-16(6-4-12)33-17-10-14(9-15(11-17)29(31)32)26-18(30)7-8-28-13(2)19(22)20(27-28)21(23,24)25/h3-6,9-11H,7-8H2,1-2H3,(H,26,30). The maximum Gasteiger partial charge on any atom is 0.436 e. The molecule has 0 spiro atoms. The normalized spacial score (nSPS) is 11.5. The van der Waals surface area contributed by atoms with Crippen LogP contribution in [-0.2, 0) is 17.5 Å². The van der Waals surface area contributed by atoms with Crippen molar-refractivity contribution in [1.82, 2.24) is 9.78 Å². The molecule has 0 saturated carbocycles. The van der Waals surface area contributed by atoms with E-state index >= 15 is 0 Å². The summed E-state index contributed by atoms with van der Waals surface area (Å²) in [6.07, 6.45) is -4.79. The van der Waals surface area contributed by atoms with E-state index in [1.54, 1.807) is 6.07 Å². The van der Waals surface area contributed by atoms with E-state index in [2.05, 4.69) is 26.3 Å². The molecule has 0 radical (unpaired) electrons. The van der Waals surface area contributed by atoms with E-state index in [9.17, 15) is 28.1 Å². The molecule has 0 atom stereocenters. The number of hydrogen-bond donors (Lipinski definition) is 1. The van der Waals surface area contributed by atoms with Gasteiger partial charge in [-0.1, -0.05) is 29.5 Å². The summed E-state index contributed by atoms with van der Waals surface area (Å²) in [5.74, 6) is -0.513. The largest absolute Gasteiger partial charge is 0.436 e. The minimum Gasteiger partial charge on any atom is -0.326 e. The van der Waals surface area contributed by atoms with E-state index in [1.807, 2.05) is 31.2 Å². The number of aromatic nitrogens is 2. The predicted molar refractivity (Wildman–Crippen MR) is 121 cm³/mol. The molecule has 12 heteroatoms. The van der Waals surface area contributed by atoms with Gasteiger partial charge in [0, 0.05) is 34.0 Å². The van der Waals surface area contributed by atoms with Gasteiger partial charge in [0.05, 0.1) is 21.6 Å². The van der Waals surface area contributed by atoms with Gasteiger partial charge in [-0.25, -0.2) is 0 Å². The summed E-state index contributed by atoms with van der Waals surface area (Å²) < 4.78 is 39.9. The molecule has 33 heavy (non-hydrogen) atoms. The van der Waals surface area contributed by atoms with Crippen LogP contribution in [0.2, 0.25) is 0 Å². The van der Waals surface area contributed by atoms with E-state index in [4.69, 9.17) is 0 Å². The fraction of sp³-hybridized carbons (Fsp3) is 0.238. The number of non-ortho nitro benzene ring substituents is 1. The second-order valence-electron chi connectivity index (χ2n) is 7.15. The highest BCUT2D eigenvalue weighted by Crippen LogP contribution is 2.36. The molecule has 1 aromatic heterocycles. The van der Waals surface area contributed by atoms with Gasteiger partial charge < -0.3 is 5.32 Å². The predicted octanol–water partition coefficient (Wildman–Crippen LogP) is 6.37. The van der Waals surface area contributed by atoms with Crippen molar-refractivity contribution < 1.29 is 22.9 Å². The molecule has 0 aliphatic carbocycles. The van der Waals surface area contributed by atoms with Crippen LogP contribution in [-0.4, -0.2) is 20.6 Å². The van der Waals surface area contributed by atoms with Crippen LogP contribution in [0.1, 0.15) is 23.4 Å². The van der Waals surface area contributed by atoms with Gasteiger partial charge in [-0.2, -0.15) is 18.3 Å². The molecule has 3 aromatic rings. The average molecular weight is 543 g/mol. The van der Waals surface area contributed by atoms with Gasteiger partial charge >= 0.3 is 6.18 Å². The molecule has 1 N–H and O–H groups in total. The molecule has 174 valence electrons. The van der Waals surface area contributed by atoms with Crippen LogP contribution in [0.15, 0.2) is 56.7 Å². The minimum atomic E-state index is -4.62. The second kappa shape index (κ2) is 9.96. The molecular weight excluding hydrogens is 525 g/mol. The maximum absolute atomic E-state index is 13.0. The van der Waals surface area contributed by atoms with Gasteiger partial charge in [0.1, 0.15) is 0 Å². The Kier molecular flexibility index (Phi) is 7.48. The van der Waals surface area contributed by atoms with Gasteiger partial charge in [0.2, 0.25) is 5.91 Å². The Balaban J connectivity index is 1.73. The van der Waals surface area contributed by atoms with Crippen LogP contribution < -0.4 is 5.32 Å². The highest BCUT2D eigenvalue weighted by atomic mass is 79.9. The van der Waals surface area contributed by atoms with Crippen LogP contribution in [0.3, 0.4) is 0 Å². The lowest BCUT2D eigenvalue weighted by Gasteiger charge is -2.09. The highest BCUT2D eigenvalue weighted by molar-refractivity contribution is 9.10. The number of rotatable bonds is 7. The number of carbonyl (C=O) groups excluding carboxylic acids is 1. The smallest absolute Gasteiger partial charge is 0.326 e. The Morgan fingerprint density at radius 2 is 1.85 bits per heavy atom. The van der Waals surface area contributed by atoms with E-state index in [0.717, 1.165) is 15.1 Å². The number of hydrogen-bond acceptors (Lipinski definition) is 5. The number of nitrogens with zero attached hydrogens (tertiary/aromatic N) is 3. The number of nitro benzene ring substituents is 1. The van der Waals surface area contributed by atoms with Crippen molar-refractivity contribution in [2.45, 2.75) is 42.8 Å². The Bertz CT molecular complexity index is 1200. The van der Waals surface area contributed by atoms with E-state index in [-0.39, 0.29) is 34.5 Å². The average Bonchev–Trinajstić information content (AvgIpc) is 3.02. The zero-order valence-electron chi connectivity index (χ0n) is 17.4. The van der Waals surface area contributed by atoms with Crippen molar-refractivity contribution >= 4 is 45.0 Å². The van der Waals surface area contributed by atoms with Crippen LogP contribution in [0.4, 0.5) is 24.5 Å². The Hall–Kier alpha value is -2.86. The summed E-state index contributed by atoms with van der Waals surface area (Å²) in [5.41, 5.74) is 0.287. The summed E-state index contributed by atoms with van der Waals surface area (Å²) in [6.45, 7) is 3.31. The molecule has 3 rings (SSSR count). The fourth-order valence-electron chi connectivity index (χ4n) is 2.92. The van der Waals surface area contributed by atoms with Crippen molar-refractivity contribution in [3.63, 3.8) is 0 Å². The SMILES string of the molecule is Cc1ccc(Sc2cc(NC(=O)CCn3nc(C(F)(F)F)c(Br)c3C)cc([N+](=O)[O-])c2)cc1. The van der Waals surface area contributed by atoms with Crippen LogP contribution in [0.25, 0.3) is 0 Å². The number of nitrogens with one attached hydrogen (secondary N) is 1. The monoisotopic (exact) mass is 542 g/mol. The number of anilines is 1. The highest BCUT2D eigenvalue weighted by Gasteiger charge is 2.37. The number of alkyl halides is 3. The minimum absolute atomic E-state index is 0.0910. The first-order chi connectivity index (χ1) is 15.4. The molecule has 0 unspecified atom stereocenters. The lowest BCUT2D eigenvalue weighted by molar-refractivity contribution is -0.385. The third-order valence-electron chi connectivity index (χ3n) is 4.60. The molecule has 1 heterocycles. The number of halogens is 4. The van der Waals surface area contributed by atoms with Crippen LogP contribution in [0, 0.1) is 24.0 Å². The van der Waals surface area contributed by atoms with E-state index in [0.29, 0.717) is 4.90 Å². The first kappa shape index (κ1) is 24.8. The van der Waals surface area contributed by atoms with Crippen molar-refractivity contribution in [3.8, 4) is 0 Å². The van der Waals surface area contributed by atoms with E-state index in [1.165, 1.54) is 30.8 Å². The van der Waals surface area contributed by atoms with Crippen molar-refractivity contribution in [2.24, 2.45) is 0 Å². The number of aryl methyl sites for hydroxylation is 2. The lowest BCUT2D eigenvalue weighted by Crippen LogP contribution is -2.16. The molecular formula is C21H18BrF3N4O3S. The molecule has 0 aliphatic heterocycles. The van der Waals surface area contributed by atoms with Crippen molar-refractivity contribution in [3.05, 3.63) is 74.0 Å². The summed E-state index contributed by atoms with van der Waals surface area (Å²) in [7, 11) is 0. The van der Waals surface area contributed by atoms with Crippen molar-refractivity contribution in [2.75, 3.05) is 5.32 Å². The number of nitro groups is 1. The molecule has 0 fully saturated rings. The number of amides is 1. The van der Waals surface area contributed by atoms with Gasteiger partial charge in [-0.3, -0.25) is 19.6 Å². The lowest BCUT2D eigenvalue weighted by atomic mass is 10.2.